The largest absolute Gasteiger partial charge is 0.497 e. The van der Waals surface area contributed by atoms with Crippen molar-refractivity contribution in [2.45, 2.75) is 50.0 Å². The van der Waals surface area contributed by atoms with E-state index in [1.807, 2.05) is 13.1 Å². The van der Waals surface area contributed by atoms with Crippen LogP contribution in [0.15, 0.2) is 41.4 Å². The van der Waals surface area contributed by atoms with Gasteiger partial charge in [0.2, 0.25) is 0 Å². The van der Waals surface area contributed by atoms with Gasteiger partial charge in [0.05, 0.1) is 7.11 Å². The second-order valence-corrected chi connectivity index (χ2v) is 6.93. The third-order valence-electron chi connectivity index (χ3n) is 5.41. The van der Waals surface area contributed by atoms with Crippen molar-refractivity contribution in [2.24, 2.45) is 4.99 Å². The molecule has 2 N–H and O–H groups in total. The average Bonchev–Trinajstić information content (AvgIpc) is 3.31. The molecule has 4 heteroatoms. The standard InChI is InChI=1S/C20H29N3O/c1-21-19(23-17-9-3-4-10-17)22-15-20(12-5-6-13-20)16-8-7-11-18(14-16)24-2/h3-4,7-8,11,14,17H,5-6,9-10,12-13,15H2,1-2H3,(H2,21,22,23). The number of rotatable bonds is 5. The molecule has 0 bridgehead atoms. The van der Waals surface area contributed by atoms with E-state index in [-0.39, 0.29) is 5.41 Å². The molecule has 0 aliphatic heterocycles. The van der Waals surface area contributed by atoms with Crippen LogP contribution < -0.4 is 15.4 Å². The van der Waals surface area contributed by atoms with Crippen molar-refractivity contribution in [3.8, 4) is 5.75 Å². The maximum Gasteiger partial charge on any atom is 0.191 e. The van der Waals surface area contributed by atoms with E-state index < -0.39 is 0 Å². The summed E-state index contributed by atoms with van der Waals surface area (Å²) in [5.41, 5.74) is 1.56. The fourth-order valence-electron chi connectivity index (χ4n) is 3.95. The van der Waals surface area contributed by atoms with Gasteiger partial charge < -0.3 is 15.4 Å². The normalized spacial score (nSPS) is 20.3. The first-order valence-corrected chi connectivity index (χ1v) is 9.02. The lowest BCUT2D eigenvalue weighted by Gasteiger charge is -2.31. The van der Waals surface area contributed by atoms with Gasteiger partial charge in [0, 0.05) is 25.0 Å². The molecule has 0 atom stereocenters. The van der Waals surface area contributed by atoms with Crippen LogP contribution in [0.3, 0.4) is 0 Å². The zero-order valence-electron chi connectivity index (χ0n) is 14.8. The van der Waals surface area contributed by atoms with Crippen molar-refractivity contribution >= 4 is 5.96 Å². The third kappa shape index (κ3) is 3.74. The lowest BCUT2D eigenvalue weighted by Crippen LogP contribution is -2.47. The molecule has 0 aromatic heterocycles. The van der Waals surface area contributed by atoms with Crippen LogP contribution in [0.25, 0.3) is 0 Å². The summed E-state index contributed by atoms with van der Waals surface area (Å²) in [7, 11) is 3.59. The number of hydrogen-bond acceptors (Lipinski definition) is 2. The summed E-state index contributed by atoms with van der Waals surface area (Å²) < 4.78 is 5.43. The Labute approximate surface area is 145 Å². The minimum absolute atomic E-state index is 0.181. The van der Waals surface area contributed by atoms with Crippen LogP contribution in [0.1, 0.15) is 44.1 Å². The monoisotopic (exact) mass is 327 g/mol. The summed E-state index contributed by atoms with van der Waals surface area (Å²) in [6, 6.07) is 9.04. The number of benzene rings is 1. The molecule has 0 amide bonds. The number of ether oxygens (including phenoxy) is 1. The van der Waals surface area contributed by atoms with Crippen LogP contribution in [0.2, 0.25) is 0 Å². The molecule has 1 saturated carbocycles. The van der Waals surface area contributed by atoms with Gasteiger partial charge >= 0.3 is 0 Å². The predicted molar refractivity (Wildman–Crippen MR) is 99.8 cm³/mol. The molecule has 0 heterocycles. The maximum atomic E-state index is 5.43. The molecule has 3 rings (SSSR count). The highest BCUT2D eigenvalue weighted by Gasteiger charge is 2.36. The first kappa shape index (κ1) is 16.9. The van der Waals surface area contributed by atoms with Crippen LogP contribution >= 0.6 is 0 Å². The number of methoxy groups -OCH3 is 1. The molecular weight excluding hydrogens is 298 g/mol. The molecule has 0 radical (unpaired) electrons. The van der Waals surface area contributed by atoms with Crippen molar-refractivity contribution in [1.82, 2.24) is 10.6 Å². The summed E-state index contributed by atoms with van der Waals surface area (Å²) >= 11 is 0. The maximum absolute atomic E-state index is 5.43. The Balaban J connectivity index is 1.68. The van der Waals surface area contributed by atoms with E-state index in [0.717, 1.165) is 31.1 Å². The van der Waals surface area contributed by atoms with Gasteiger partial charge in [0.15, 0.2) is 5.96 Å². The summed E-state index contributed by atoms with van der Waals surface area (Å²) in [4.78, 5) is 4.41. The fourth-order valence-corrected chi connectivity index (χ4v) is 3.95. The Morgan fingerprint density at radius 2 is 2.00 bits per heavy atom. The fraction of sp³-hybridized carbons (Fsp3) is 0.550. The molecule has 1 aromatic carbocycles. The molecule has 2 aliphatic rings. The predicted octanol–water partition coefficient (Wildman–Crippen LogP) is 3.39. The van der Waals surface area contributed by atoms with E-state index in [1.165, 1.54) is 31.2 Å². The molecule has 1 fully saturated rings. The van der Waals surface area contributed by atoms with E-state index in [9.17, 15) is 0 Å². The van der Waals surface area contributed by atoms with Crippen LogP contribution in [-0.2, 0) is 5.41 Å². The smallest absolute Gasteiger partial charge is 0.191 e. The number of hydrogen-bond donors (Lipinski definition) is 2. The van der Waals surface area contributed by atoms with Crippen molar-refractivity contribution in [3.63, 3.8) is 0 Å². The van der Waals surface area contributed by atoms with E-state index in [0.29, 0.717) is 6.04 Å². The molecule has 4 nitrogen and oxygen atoms in total. The van der Waals surface area contributed by atoms with E-state index >= 15 is 0 Å². The molecule has 0 unspecified atom stereocenters. The summed E-state index contributed by atoms with van der Waals surface area (Å²) in [6.45, 7) is 0.917. The van der Waals surface area contributed by atoms with Crippen LogP contribution in [-0.4, -0.2) is 32.7 Å². The lowest BCUT2D eigenvalue weighted by molar-refractivity contribution is 0.403. The Hall–Kier alpha value is -1.97. The molecule has 130 valence electrons. The van der Waals surface area contributed by atoms with Crippen molar-refractivity contribution in [3.05, 3.63) is 42.0 Å². The zero-order chi connectivity index (χ0) is 16.8. The van der Waals surface area contributed by atoms with Gasteiger partial charge in [-0.15, -0.1) is 0 Å². The average molecular weight is 327 g/mol. The molecule has 0 spiro atoms. The third-order valence-corrected chi connectivity index (χ3v) is 5.41. The van der Waals surface area contributed by atoms with Crippen LogP contribution in [0.5, 0.6) is 5.75 Å². The zero-order valence-corrected chi connectivity index (χ0v) is 14.8. The highest BCUT2D eigenvalue weighted by molar-refractivity contribution is 5.80. The van der Waals surface area contributed by atoms with Crippen molar-refractivity contribution in [2.75, 3.05) is 20.7 Å². The Morgan fingerprint density at radius 1 is 1.25 bits per heavy atom. The van der Waals surface area contributed by atoms with Gasteiger partial charge in [0.1, 0.15) is 5.75 Å². The van der Waals surface area contributed by atoms with Gasteiger partial charge in [-0.1, -0.05) is 37.1 Å². The van der Waals surface area contributed by atoms with Gasteiger partial charge in [-0.25, -0.2) is 0 Å². The van der Waals surface area contributed by atoms with E-state index in [2.05, 4.69) is 46.0 Å². The molecule has 24 heavy (non-hydrogen) atoms. The van der Waals surface area contributed by atoms with Gasteiger partial charge in [-0.2, -0.15) is 0 Å². The first-order valence-electron chi connectivity index (χ1n) is 9.02. The molecule has 0 saturated heterocycles. The van der Waals surface area contributed by atoms with Crippen molar-refractivity contribution < 1.29 is 4.74 Å². The summed E-state index contributed by atoms with van der Waals surface area (Å²) in [5, 5.41) is 7.12. The van der Waals surface area contributed by atoms with Crippen LogP contribution in [0, 0.1) is 0 Å². The molecule has 1 aromatic rings. The number of guanidine groups is 1. The number of aliphatic imine (C=N–C) groups is 1. The minimum atomic E-state index is 0.181. The van der Waals surface area contributed by atoms with Gasteiger partial charge in [-0.05, 0) is 43.4 Å². The van der Waals surface area contributed by atoms with Crippen molar-refractivity contribution in [1.29, 1.82) is 0 Å². The van der Waals surface area contributed by atoms with E-state index in [1.54, 1.807) is 7.11 Å². The lowest BCUT2D eigenvalue weighted by atomic mass is 9.78. The number of nitrogens with one attached hydrogen (secondary N) is 2. The molecule has 2 aliphatic carbocycles. The van der Waals surface area contributed by atoms with Crippen LogP contribution in [0.4, 0.5) is 0 Å². The summed E-state index contributed by atoms with van der Waals surface area (Å²) in [6.07, 6.45) is 11.7. The highest BCUT2D eigenvalue weighted by atomic mass is 16.5. The quantitative estimate of drug-likeness (QED) is 0.495. The Bertz CT molecular complexity index is 595. The summed E-state index contributed by atoms with van der Waals surface area (Å²) in [5.74, 6) is 1.86. The Kier molecular flexibility index (Phi) is 5.44. The first-order chi connectivity index (χ1) is 11.8. The second kappa shape index (κ2) is 7.73. The highest BCUT2D eigenvalue weighted by Crippen LogP contribution is 2.41. The number of nitrogens with zero attached hydrogens (tertiary/aromatic N) is 1. The van der Waals surface area contributed by atoms with Gasteiger partial charge in [-0.3, -0.25) is 4.99 Å². The van der Waals surface area contributed by atoms with E-state index in [4.69, 9.17) is 4.74 Å². The minimum Gasteiger partial charge on any atom is -0.497 e. The Morgan fingerprint density at radius 3 is 2.67 bits per heavy atom. The SMILES string of the molecule is CN=C(NCC1(c2cccc(OC)c2)CCCC1)NC1CC=CC1. The van der Waals surface area contributed by atoms with Gasteiger partial charge in [0.25, 0.3) is 0 Å². The molecular formula is C20H29N3O. The second-order valence-electron chi connectivity index (χ2n) is 6.93. The topological polar surface area (TPSA) is 45.7 Å².